The number of benzene rings is 1. The number of hydrogen-bond donors (Lipinski definition) is 1. The molecule has 0 spiro atoms. The first-order chi connectivity index (χ1) is 14.3. The molecule has 3 aromatic rings. The molecule has 2 aromatic heterocycles. The Morgan fingerprint density at radius 2 is 1.97 bits per heavy atom. The van der Waals surface area contributed by atoms with Crippen molar-refractivity contribution in [1.82, 2.24) is 20.1 Å². The van der Waals surface area contributed by atoms with Gasteiger partial charge in [-0.3, -0.25) is 4.90 Å². The van der Waals surface area contributed by atoms with Gasteiger partial charge in [-0.1, -0.05) is 24.3 Å². The molecule has 4 rings (SSSR count). The van der Waals surface area contributed by atoms with E-state index in [1.54, 1.807) is 6.26 Å². The lowest BCUT2D eigenvalue weighted by Gasteiger charge is -2.36. The third-order valence-electron chi connectivity index (χ3n) is 4.93. The normalized spacial score (nSPS) is 15.6. The lowest BCUT2D eigenvalue weighted by atomic mass is 10.2. The molecule has 7 heteroatoms. The topological polar surface area (TPSA) is 56.9 Å². The van der Waals surface area contributed by atoms with E-state index in [0.29, 0.717) is 12.4 Å². The van der Waals surface area contributed by atoms with Crippen LogP contribution in [-0.4, -0.2) is 53.5 Å². The minimum Gasteiger partial charge on any atom is -0.444 e. The summed E-state index contributed by atoms with van der Waals surface area (Å²) in [6.07, 6.45) is 1.70. The summed E-state index contributed by atoms with van der Waals surface area (Å²) in [4.78, 5) is 15.7. The Kier molecular flexibility index (Phi) is 6.59. The molecule has 0 amide bonds. The minimum atomic E-state index is 0.508. The molecule has 1 aromatic carbocycles. The number of aromatic nitrogens is 1. The quantitative estimate of drug-likeness (QED) is 0.497. The number of nitrogens with zero attached hydrogens (tertiary/aromatic N) is 4. The van der Waals surface area contributed by atoms with Crippen molar-refractivity contribution in [3.05, 3.63) is 64.7 Å². The van der Waals surface area contributed by atoms with Crippen LogP contribution in [0.2, 0.25) is 0 Å². The van der Waals surface area contributed by atoms with Gasteiger partial charge in [-0.2, -0.15) is 0 Å². The van der Waals surface area contributed by atoms with Gasteiger partial charge in [-0.05, 0) is 30.5 Å². The predicted molar refractivity (Wildman–Crippen MR) is 118 cm³/mol. The van der Waals surface area contributed by atoms with E-state index in [2.05, 4.69) is 44.5 Å². The van der Waals surface area contributed by atoms with Crippen molar-refractivity contribution >= 4 is 17.3 Å². The molecule has 1 aliphatic rings. The number of guanidine groups is 1. The summed E-state index contributed by atoms with van der Waals surface area (Å²) in [5.41, 5.74) is 1.83. The largest absolute Gasteiger partial charge is 0.444 e. The predicted octanol–water partition coefficient (Wildman–Crippen LogP) is 3.69. The average molecular weight is 410 g/mol. The molecule has 1 fully saturated rings. The third-order valence-corrected chi connectivity index (χ3v) is 5.79. The fraction of sp³-hybridized carbons (Fsp3) is 0.364. The number of thiophene rings is 1. The summed E-state index contributed by atoms with van der Waals surface area (Å²) in [6.45, 7) is 8.55. The molecule has 0 aliphatic carbocycles. The van der Waals surface area contributed by atoms with Gasteiger partial charge in [0.1, 0.15) is 12.0 Å². The molecule has 0 radical (unpaired) electrons. The van der Waals surface area contributed by atoms with E-state index in [9.17, 15) is 0 Å². The summed E-state index contributed by atoms with van der Waals surface area (Å²) in [7, 11) is 0. The van der Waals surface area contributed by atoms with Crippen LogP contribution in [0.4, 0.5) is 0 Å². The van der Waals surface area contributed by atoms with Crippen molar-refractivity contribution < 1.29 is 4.42 Å². The fourth-order valence-corrected chi connectivity index (χ4v) is 4.16. The number of aliphatic imine (C=N–C) groups is 1. The highest BCUT2D eigenvalue weighted by Gasteiger charge is 2.20. The van der Waals surface area contributed by atoms with E-state index in [1.807, 2.05) is 41.7 Å². The number of nitrogens with one attached hydrogen (secondary N) is 1. The maximum atomic E-state index is 5.63. The van der Waals surface area contributed by atoms with E-state index in [1.165, 1.54) is 4.88 Å². The Morgan fingerprint density at radius 1 is 1.14 bits per heavy atom. The van der Waals surface area contributed by atoms with Gasteiger partial charge in [0.25, 0.3) is 0 Å². The van der Waals surface area contributed by atoms with Gasteiger partial charge < -0.3 is 14.6 Å². The molecular formula is C22H27N5OS. The second kappa shape index (κ2) is 9.71. The number of rotatable bonds is 6. The molecule has 1 saturated heterocycles. The molecule has 0 saturated carbocycles. The fourth-order valence-electron chi connectivity index (χ4n) is 3.42. The molecule has 29 heavy (non-hydrogen) atoms. The summed E-state index contributed by atoms with van der Waals surface area (Å²) in [5, 5.41) is 5.57. The van der Waals surface area contributed by atoms with Crippen molar-refractivity contribution in [3.63, 3.8) is 0 Å². The zero-order valence-corrected chi connectivity index (χ0v) is 17.6. The first-order valence-corrected chi connectivity index (χ1v) is 11.0. The van der Waals surface area contributed by atoms with Gasteiger partial charge in [-0.25, -0.2) is 9.98 Å². The van der Waals surface area contributed by atoms with Gasteiger partial charge in [0.2, 0.25) is 5.89 Å². The van der Waals surface area contributed by atoms with E-state index in [4.69, 9.17) is 9.41 Å². The first-order valence-electron chi connectivity index (χ1n) is 10.1. The Hall–Kier alpha value is -2.64. The average Bonchev–Trinajstić information content (AvgIpc) is 3.45. The molecule has 0 atom stereocenters. The highest BCUT2D eigenvalue weighted by atomic mass is 32.1. The van der Waals surface area contributed by atoms with Crippen LogP contribution >= 0.6 is 11.3 Å². The standard InChI is InChI=1S/C22H27N5OS/c1-2-23-22(27-12-10-26(11-13-27)16-20-9-6-14-29-20)24-15-19-17-28-21(25-19)18-7-4-3-5-8-18/h3-9,14,17H,2,10-13,15-16H2,1H3,(H,23,24). The molecule has 0 unspecified atom stereocenters. The molecule has 1 aliphatic heterocycles. The molecule has 3 heterocycles. The van der Waals surface area contributed by atoms with Crippen LogP contribution in [0.1, 0.15) is 17.5 Å². The van der Waals surface area contributed by atoms with Crippen molar-refractivity contribution in [2.75, 3.05) is 32.7 Å². The van der Waals surface area contributed by atoms with Crippen LogP contribution in [0.3, 0.4) is 0 Å². The lowest BCUT2D eigenvalue weighted by Crippen LogP contribution is -2.52. The van der Waals surface area contributed by atoms with E-state index >= 15 is 0 Å². The van der Waals surface area contributed by atoms with Gasteiger partial charge >= 0.3 is 0 Å². The van der Waals surface area contributed by atoms with E-state index < -0.39 is 0 Å². The van der Waals surface area contributed by atoms with E-state index in [0.717, 1.165) is 56.5 Å². The number of piperazine rings is 1. The highest BCUT2D eigenvalue weighted by Crippen LogP contribution is 2.18. The highest BCUT2D eigenvalue weighted by molar-refractivity contribution is 7.09. The first kappa shape index (κ1) is 19.7. The molecule has 6 nitrogen and oxygen atoms in total. The summed E-state index contributed by atoms with van der Waals surface area (Å²) in [6, 6.07) is 14.3. The summed E-state index contributed by atoms with van der Waals surface area (Å²) < 4.78 is 5.63. The van der Waals surface area contributed by atoms with Crippen molar-refractivity contribution in [2.24, 2.45) is 4.99 Å². The lowest BCUT2D eigenvalue weighted by molar-refractivity contribution is 0.173. The Balaban J connectivity index is 1.35. The molecule has 1 N–H and O–H groups in total. The number of oxazole rings is 1. The van der Waals surface area contributed by atoms with Gasteiger partial charge in [-0.15, -0.1) is 11.3 Å². The van der Waals surface area contributed by atoms with Gasteiger partial charge in [0.05, 0.1) is 6.54 Å². The number of hydrogen-bond acceptors (Lipinski definition) is 5. The monoisotopic (exact) mass is 409 g/mol. The summed E-state index contributed by atoms with van der Waals surface area (Å²) >= 11 is 1.83. The maximum absolute atomic E-state index is 5.63. The zero-order chi connectivity index (χ0) is 19.9. The van der Waals surface area contributed by atoms with Crippen LogP contribution in [0.15, 0.2) is 63.5 Å². The van der Waals surface area contributed by atoms with Crippen molar-refractivity contribution in [3.8, 4) is 11.5 Å². The second-order valence-corrected chi connectivity index (χ2v) is 8.05. The van der Waals surface area contributed by atoms with Gasteiger partial charge in [0, 0.05) is 49.7 Å². The second-order valence-electron chi connectivity index (χ2n) is 7.02. The smallest absolute Gasteiger partial charge is 0.226 e. The Bertz CT molecular complexity index is 898. The molecule has 0 bridgehead atoms. The Labute approximate surface area is 175 Å². The van der Waals surface area contributed by atoms with Crippen LogP contribution < -0.4 is 5.32 Å². The van der Waals surface area contributed by atoms with Crippen LogP contribution in [-0.2, 0) is 13.1 Å². The van der Waals surface area contributed by atoms with Crippen LogP contribution in [0.5, 0.6) is 0 Å². The minimum absolute atomic E-state index is 0.508. The molecular weight excluding hydrogens is 382 g/mol. The zero-order valence-electron chi connectivity index (χ0n) is 16.8. The summed E-state index contributed by atoms with van der Waals surface area (Å²) in [5.74, 6) is 1.59. The van der Waals surface area contributed by atoms with Crippen LogP contribution in [0.25, 0.3) is 11.5 Å². The SMILES string of the molecule is CCNC(=NCc1coc(-c2ccccc2)n1)N1CCN(Cc2cccs2)CC1. The van der Waals surface area contributed by atoms with Crippen molar-refractivity contribution in [1.29, 1.82) is 0 Å². The third kappa shape index (κ3) is 5.25. The maximum Gasteiger partial charge on any atom is 0.226 e. The van der Waals surface area contributed by atoms with Crippen LogP contribution in [0, 0.1) is 0 Å². The van der Waals surface area contributed by atoms with Crippen molar-refractivity contribution in [2.45, 2.75) is 20.0 Å². The van der Waals surface area contributed by atoms with E-state index in [-0.39, 0.29) is 0 Å². The molecule has 152 valence electrons. The van der Waals surface area contributed by atoms with Gasteiger partial charge in [0.15, 0.2) is 5.96 Å². The Morgan fingerprint density at radius 3 is 2.69 bits per heavy atom.